The van der Waals surface area contributed by atoms with E-state index < -0.39 is 14.9 Å². The van der Waals surface area contributed by atoms with Crippen LogP contribution in [0, 0.1) is 34.8 Å². The van der Waals surface area contributed by atoms with E-state index >= 15 is 0 Å². The van der Waals surface area contributed by atoms with Crippen LogP contribution in [-0.2, 0) is 15.4 Å². The van der Waals surface area contributed by atoms with E-state index in [1.54, 1.807) is 6.92 Å². The summed E-state index contributed by atoms with van der Waals surface area (Å²) in [4.78, 5) is 10.5. The molecule has 2 aromatic carbocycles. The molecule has 0 N–H and O–H groups in total. The van der Waals surface area contributed by atoms with Gasteiger partial charge in [0.2, 0.25) is 0 Å². The maximum absolute atomic E-state index is 13.2. The zero-order valence-electron chi connectivity index (χ0n) is 18.0. The fourth-order valence-electron chi connectivity index (χ4n) is 6.76. The Morgan fingerprint density at radius 1 is 0.968 bits per heavy atom. The number of nitro benzene ring substituents is 1. The lowest BCUT2D eigenvalue weighted by molar-refractivity contribution is -0.385. The van der Waals surface area contributed by atoms with Gasteiger partial charge in [0.1, 0.15) is 0 Å². The Balaban J connectivity index is 1.44. The third-order valence-electron chi connectivity index (χ3n) is 7.90. The van der Waals surface area contributed by atoms with E-state index in [4.69, 9.17) is 0 Å². The summed E-state index contributed by atoms with van der Waals surface area (Å²) >= 11 is 0. The average molecular weight is 441 g/mol. The molecule has 0 atom stereocenters. The molecule has 0 saturated heterocycles. The molecular formula is C24H28N2O4S. The minimum Gasteiger partial charge on any atom is -0.269 e. The van der Waals surface area contributed by atoms with Gasteiger partial charge in [0.05, 0.1) is 15.5 Å². The van der Waals surface area contributed by atoms with Gasteiger partial charge in [0, 0.05) is 19.2 Å². The number of hydrogen-bond acceptors (Lipinski definition) is 4. The molecule has 4 fully saturated rings. The molecule has 7 heteroatoms. The van der Waals surface area contributed by atoms with Gasteiger partial charge in [-0.05, 0) is 91.9 Å². The first-order valence-corrected chi connectivity index (χ1v) is 12.5. The molecule has 4 bridgehead atoms. The molecule has 0 aliphatic heterocycles. The van der Waals surface area contributed by atoms with Crippen LogP contribution in [0.4, 0.5) is 11.4 Å². The summed E-state index contributed by atoms with van der Waals surface area (Å²) in [6.07, 6.45) is 7.96. The zero-order chi connectivity index (χ0) is 22.0. The van der Waals surface area contributed by atoms with E-state index in [-0.39, 0.29) is 16.0 Å². The van der Waals surface area contributed by atoms with E-state index in [1.807, 2.05) is 12.1 Å². The molecule has 6 rings (SSSR count). The third kappa shape index (κ3) is 3.34. The predicted molar refractivity (Wildman–Crippen MR) is 120 cm³/mol. The lowest BCUT2D eigenvalue weighted by atomic mass is 9.48. The lowest BCUT2D eigenvalue weighted by Gasteiger charge is -2.57. The van der Waals surface area contributed by atoms with E-state index in [0.717, 1.165) is 23.8 Å². The average Bonchev–Trinajstić information content (AvgIpc) is 2.72. The highest BCUT2D eigenvalue weighted by Crippen LogP contribution is 2.60. The molecule has 0 spiro atoms. The van der Waals surface area contributed by atoms with E-state index in [0.29, 0.717) is 11.3 Å². The monoisotopic (exact) mass is 440 g/mol. The molecular weight excluding hydrogens is 412 g/mol. The first kappa shape index (κ1) is 20.5. The summed E-state index contributed by atoms with van der Waals surface area (Å²) in [6.45, 7) is 1.65. The summed E-state index contributed by atoms with van der Waals surface area (Å²) < 4.78 is 27.7. The highest BCUT2D eigenvalue weighted by atomic mass is 32.2. The van der Waals surface area contributed by atoms with Crippen molar-refractivity contribution < 1.29 is 13.3 Å². The van der Waals surface area contributed by atoms with Crippen molar-refractivity contribution in [3.05, 3.63) is 63.7 Å². The van der Waals surface area contributed by atoms with Gasteiger partial charge in [-0.15, -0.1) is 0 Å². The maximum atomic E-state index is 13.2. The van der Waals surface area contributed by atoms with Crippen molar-refractivity contribution in [1.82, 2.24) is 0 Å². The van der Waals surface area contributed by atoms with Crippen LogP contribution in [0.1, 0.15) is 49.7 Å². The summed E-state index contributed by atoms with van der Waals surface area (Å²) in [6, 6.07) is 11.9. The fourth-order valence-corrected chi connectivity index (χ4v) is 8.19. The number of nitrogens with zero attached hydrogens (tertiary/aromatic N) is 2. The summed E-state index contributed by atoms with van der Waals surface area (Å²) in [5, 5.41) is 11.1. The van der Waals surface area contributed by atoms with Gasteiger partial charge < -0.3 is 0 Å². The molecule has 31 heavy (non-hydrogen) atoms. The first-order chi connectivity index (χ1) is 14.7. The van der Waals surface area contributed by atoms with Crippen LogP contribution < -0.4 is 4.31 Å². The summed E-state index contributed by atoms with van der Waals surface area (Å²) in [7, 11) is -2.40. The molecule has 4 saturated carbocycles. The Bertz CT molecular complexity index is 1110. The number of hydrogen-bond donors (Lipinski definition) is 0. The Labute approximate surface area is 183 Å². The predicted octanol–water partition coefficient (Wildman–Crippen LogP) is 5.20. The Morgan fingerprint density at radius 3 is 2.03 bits per heavy atom. The molecule has 0 unspecified atom stereocenters. The van der Waals surface area contributed by atoms with Crippen molar-refractivity contribution in [2.24, 2.45) is 17.8 Å². The molecule has 0 radical (unpaired) electrons. The van der Waals surface area contributed by atoms with Crippen LogP contribution in [0.2, 0.25) is 0 Å². The molecule has 4 aliphatic rings. The Hall–Kier alpha value is -2.41. The van der Waals surface area contributed by atoms with Gasteiger partial charge in [-0.1, -0.05) is 18.2 Å². The van der Waals surface area contributed by atoms with Gasteiger partial charge >= 0.3 is 0 Å². The van der Waals surface area contributed by atoms with Gasteiger partial charge in [0.25, 0.3) is 15.7 Å². The molecule has 164 valence electrons. The molecule has 0 aromatic heterocycles. The minimum absolute atomic E-state index is 0.0330. The van der Waals surface area contributed by atoms with Crippen molar-refractivity contribution in [1.29, 1.82) is 0 Å². The van der Waals surface area contributed by atoms with Crippen LogP contribution in [0.15, 0.2) is 47.4 Å². The lowest BCUT2D eigenvalue weighted by Crippen LogP contribution is -2.48. The SMILES string of the molecule is Cc1ccc([N+](=O)[O-])cc1S(=O)(=O)N(C)c1ccc(C23CC4CC(CC(C4)C2)C3)cc1. The summed E-state index contributed by atoms with van der Waals surface area (Å²) in [5.74, 6) is 2.56. The zero-order valence-corrected chi connectivity index (χ0v) is 18.8. The largest absolute Gasteiger partial charge is 0.270 e. The number of rotatable bonds is 5. The first-order valence-electron chi connectivity index (χ1n) is 11.0. The number of non-ortho nitro benzene ring substituents is 1. The molecule has 0 amide bonds. The fraction of sp³-hybridized carbons (Fsp3) is 0.500. The van der Waals surface area contributed by atoms with Crippen molar-refractivity contribution in [2.75, 3.05) is 11.4 Å². The Kier molecular flexibility index (Phi) is 4.66. The molecule has 4 aliphatic carbocycles. The van der Waals surface area contributed by atoms with Crippen molar-refractivity contribution in [3.8, 4) is 0 Å². The Morgan fingerprint density at radius 2 is 1.52 bits per heavy atom. The number of anilines is 1. The van der Waals surface area contributed by atoms with Crippen LogP contribution >= 0.6 is 0 Å². The smallest absolute Gasteiger partial charge is 0.269 e. The van der Waals surface area contributed by atoms with E-state index in [2.05, 4.69) is 12.1 Å². The van der Waals surface area contributed by atoms with Crippen LogP contribution in [0.25, 0.3) is 0 Å². The normalized spacial score (nSPS) is 29.2. The number of nitro groups is 1. The maximum Gasteiger partial charge on any atom is 0.270 e. The van der Waals surface area contributed by atoms with Crippen LogP contribution in [0.5, 0.6) is 0 Å². The topological polar surface area (TPSA) is 80.5 Å². The third-order valence-corrected chi connectivity index (χ3v) is 9.83. The highest BCUT2D eigenvalue weighted by molar-refractivity contribution is 7.92. The molecule has 0 heterocycles. The van der Waals surface area contributed by atoms with E-state index in [9.17, 15) is 18.5 Å². The van der Waals surface area contributed by atoms with Gasteiger partial charge in [-0.3, -0.25) is 14.4 Å². The molecule has 6 nitrogen and oxygen atoms in total. The second-order valence-electron chi connectivity index (χ2n) is 9.92. The van der Waals surface area contributed by atoms with Crippen molar-refractivity contribution in [3.63, 3.8) is 0 Å². The second kappa shape index (κ2) is 7.05. The minimum atomic E-state index is -3.91. The van der Waals surface area contributed by atoms with Crippen molar-refractivity contribution >= 4 is 21.4 Å². The van der Waals surface area contributed by atoms with Crippen LogP contribution in [-0.4, -0.2) is 20.4 Å². The number of aryl methyl sites for hydroxylation is 1. The van der Waals surface area contributed by atoms with Gasteiger partial charge in [-0.2, -0.15) is 0 Å². The number of benzene rings is 2. The standard InChI is InChI=1S/C24H28N2O4S/c1-16-3-6-22(26(27)28)12-23(16)31(29,30)25(2)21-7-4-20(5-8-21)24-13-17-9-18(14-24)11-19(10-17)15-24/h3-8,12,17-19H,9-11,13-15H2,1-2H3. The summed E-state index contributed by atoms with van der Waals surface area (Å²) in [5.41, 5.74) is 2.44. The van der Waals surface area contributed by atoms with Crippen molar-refractivity contribution in [2.45, 2.75) is 55.8 Å². The van der Waals surface area contributed by atoms with Gasteiger partial charge in [-0.25, -0.2) is 8.42 Å². The highest BCUT2D eigenvalue weighted by Gasteiger charge is 2.51. The van der Waals surface area contributed by atoms with Crippen LogP contribution in [0.3, 0.4) is 0 Å². The second-order valence-corrected chi connectivity index (χ2v) is 11.9. The van der Waals surface area contributed by atoms with Gasteiger partial charge in [0.15, 0.2) is 0 Å². The molecule has 2 aromatic rings. The van der Waals surface area contributed by atoms with E-state index in [1.165, 1.54) is 67.6 Å². The number of sulfonamides is 1. The quantitative estimate of drug-likeness (QED) is 0.473.